The fourth-order valence-corrected chi connectivity index (χ4v) is 1.42. The Bertz CT molecular complexity index is 659. The van der Waals surface area contributed by atoms with E-state index in [1.807, 2.05) is 0 Å². The van der Waals surface area contributed by atoms with Gasteiger partial charge >= 0.3 is 5.97 Å². The average molecular weight is 283 g/mol. The van der Waals surface area contributed by atoms with E-state index >= 15 is 0 Å². The zero-order chi connectivity index (χ0) is 14.7. The first-order valence-corrected chi connectivity index (χ1v) is 5.20. The molecule has 1 heterocycles. The van der Waals surface area contributed by atoms with Gasteiger partial charge in [0, 0.05) is 6.07 Å². The first-order chi connectivity index (χ1) is 9.47. The molecule has 0 bridgehead atoms. The molecule has 8 nitrogen and oxygen atoms in total. The molecule has 0 radical (unpaired) electrons. The third-order valence-corrected chi connectivity index (χ3v) is 2.26. The summed E-state index contributed by atoms with van der Waals surface area (Å²) >= 11 is 0. The molecule has 1 amide bonds. The lowest BCUT2D eigenvalue weighted by atomic mass is 10.1. The Morgan fingerprint density at radius 2 is 2.00 bits per heavy atom. The first kappa shape index (κ1) is 13.5. The third kappa shape index (κ3) is 2.91. The van der Waals surface area contributed by atoms with Gasteiger partial charge in [0.15, 0.2) is 11.6 Å². The number of nitrogens with one attached hydrogen (secondary N) is 1. The minimum absolute atomic E-state index is 0.301. The normalized spacial score (nSPS) is 10.3. The number of halogens is 2. The Labute approximate surface area is 110 Å². The number of rotatable bonds is 4. The Morgan fingerprint density at radius 1 is 1.30 bits per heavy atom. The number of anilines is 1. The topological polar surface area (TPSA) is 110 Å². The minimum Gasteiger partial charge on any atom is -0.478 e. The molecule has 0 spiro atoms. The number of carbonyl (C=O) groups excluding carboxylic acids is 1. The van der Waals surface area contributed by atoms with Crippen LogP contribution in [0.2, 0.25) is 0 Å². The Morgan fingerprint density at radius 3 is 2.60 bits per heavy atom. The molecule has 0 aliphatic heterocycles. The van der Waals surface area contributed by atoms with Crippen LogP contribution in [-0.4, -0.2) is 37.2 Å². The monoisotopic (exact) mass is 283 g/mol. The highest BCUT2D eigenvalue weighted by molar-refractivity contribution is 6.00. The van der Waals surface area contributed by atoms with Crippen molar-refractivity contribution in [3.05, 3.63) is 35.7 Å². The summed E-state index contributed by atoms with van der Waals surface area (Å²) in [5.41, 5.74) is -0.913. The van der Waals surface area contributed by atoms with Crippen LogP contribution in [0.15, 0.2) is 18.5 Å². The standard InChI is InChI=1S/C10H7F2N5O3/c11-6-1-5(10(19)20)8(2-7(6)12)14-9(18)3-17-4-13-15-16-17/h1-2,4H,3H2,(H,14,18)(H,19,20). The lowest BCUT2D eigenvalue weighted by Gasteiger charge is -2.08. The Balaban J connectivity index is 2.22. The van der Waals surface area contributed by atoms with E-state index in [0.717, 1.165) is 4.68 Å². The van der Waals surface area contributed by atoms with Crippen molar-refractivity contribution in [3.63, 3.8) is 0 Å². The largest absolute Gasteiger partial charge is 0.478 e. The summed E-state index contributed by atoms with van der Waals surface area (Å²) in [4.78, 5) is 22.5. The maximum absolute atomic E-state index is 13.1. The van der Waals surface area contributed by atoms with Crippen LogP contribution in [0.1, 0.15) is 10.4 Å². The molecule has 0 aliphatic carbocycles. The second kappa shape index (κ2) is 5.38. The minimum atomic E-state index is -1.50. The molecule has 0 saturated carbocycles. The Kier molecular flexibility index (Phi) is 3.64. The molecule has 0 fully saturated rings. The smallest absolute Gasteiger partial charge is 0.337 e. The Hall–Kier alpha value is -2.91. The second-order valence-electron chi connectivity index (χ2n) is 3.67. The zero-order valence-electron chi connectivity index (χ0n) is 9.75. The van der Waals surface area contributed by atoms with Crippen LogP contribution >= 0.6 is 0 Å². The number of tetrazole rings is 1. The van der Waals surface area contributed by atoms with Gasteiger partial charge in [-0.25, -0.2) is 18.3 Å². The molecule has 2 rings (SSSR count). The number of hydrogen-bond donors (Lipinski definition) is 2. The van der Waals surface area contributed by atoms with Crippen molar-refractivity contribution in [1.82, 2.24) is 20.2 Å². The molecular weight excluding hydrogens is 276 g/mol. The summed E-state index contributed by atoms with van der Waals surface area (Å²) < 4.78 is 27.2. The van der Waals surface area contributed by atoms with E-state index in [9.17, 15) is 18.4 Å². The molecular formula is C10H7F2N5O3. The number of carbonyl (C=O) groups is 2. The third-order valence-electron chi connectivity index (χ3n) is 2.26. The second-order valence-corrected chi connectivity index (χ2v) is 3.67. The number of aromatic nitrogens is 4. The van der Waals surface area contributed by atoms with Gasteiger partial charge in [-0.15, -0.1) is 5.10 Å². The molecule has 0 atom stereocenters. The molecule has 0 unspecified atom stereocenters. The summed E-state index contributed by atoms with van der Waals surface area (Å²) in [7, 11) is 0. The quantitative estimate of drug-likeness (QED) is 0.834. The molecule has 2 aromatic rings. The van der Waals surface area contributed by atoms with Gasteiger partial charge in [-0.3, -0.25) is 4.79 Å². The summed E-state index contributed by atoms with van der Waals surface area (Å²) in [6.45, 7) is -0.301. The number of hydrogen-bond acceptors (Lipinski definition) is 5. The van der Waals surface area contributed by atoms with Crippen LogP contribution in [-0.2, 0) is 11.3 Å². The van der Waals surface area contributed by atoms with Gasteiger partial charge in [-0.05, 0) is 16.5 Å². The highest BCUT2D eigenvalue weighted by Gasteiger charge is 2.17. The van der Waals surface area contributed by atoms with Crippen molar-refractivity contribution in [1.29, 1.82) is 0 Å². The van der Waals surface area contributed by atoms with E-state index in [1.54, 1.807) is 0 Å². The molecule has 1 aromatic heterocycles. The lowest BCUT2D eigenvalue weighted by Crippen LogP contribution is -2.21. The maximum Gasteiger partial charge on any atom is 0.337 e. The van der Waals surface area contributed by atoms with Crippen molar-refractivity contribution >= 4 is 17.6 Å². The van der Waals surface area contributed by atoms with Gasteiger partial charge < -0.3 is 10.4 Å². The number of nitrogens with zero attached hydrogens (tertiary/aromatic N) is 4. The van der Waals surface area contributed by atoms with Crippen molar-refractivity contribution in [2.45, 2.75) is 6.54 Å². The van der Waals surface area contributed by atoms with Crippen LogP contribution in [0, 0.1) is 11.6 Å². The highest BCUT2D eigenvalue weighted by atomic mass is 19.2. The van der Waals surface area contributed by atoms with Gasteiger partial charge in [0.1, 0.15) is 12.9 Å². The predicted molar refractivity (Wildman–Crippen MR) is 59.8 cm³/mol. The average Bonchev–Trinajstić information content (AvgIpc) is 2.85. The van der Waals surface area contributed by atoms with E-state index < -0.39 is 29.1 Å². The van der Waals surface area contributed by atoms with Gasteiger partial charge in [-0.2, -0.15) is 0 Å². The van der Waals surface area contributed by atoms with Crippen LogP contribution in [0.25, 0.3) is 0 Å². The van der Waals surface area contributed by atoms with Gasteiger partial charge in [-0.1, -0.05) is 0 Å². The summed E-state index contributed by atoms with van der Waals surface area (Å²) in [5.74, 6) is -4.78. The summed E-state index contributed by atoms with van der Waals surface area (Å²) in [6, 6.07) is 1.08. The summed E-state index contributed by atoms with van der Waals surface area (Å²) in [5, 5.41) is 21.1. The van der Waals surface area contributed by atoms with E-state index in [2.05, 4.69) is 20.8 Å². The van der Waals surface area contributed by atoms with Gasteiger partial charge in [0.05, 0.1) is 11.3 Å². The van der Waals surface area contributed by atoms with Crippen LogP contribution < -0.4 is 5.32 Å². The number of carboxylic acid groups (broad SMARTS) is 1. The van der Waals surface area contributed by atoms with E-state index in [0.29, 0.717) is 12.1 Å². The maximum atomic E-state index is 13.1. The van der Waals surface area contributed by atoms with E-state index in [-0.39, 0.29) is 12.2 Å². The molecule has 1 aromatic carbocycles. The lowest BCUT2D eigenvalue weighted by molar-refractivity contribution is -0.116. The van der Waals surface area contributed by atoms with Gasteiger partial charge in [0.25, 0.3) is 0 Å². The molecule has 20 heavy (non-hydrogen) atoms. The van der Waals surface area contributed by atoms with Crippen molar-refractivity contribution in [2.24, 2.45) is 0 Å². The fraction of sp³-hybridized carbons (Fsp3) is 0.100. The molecule has 10 heteroatoms. The number of amides is 1. The zero-order valence-corrected chi connectivity index (χ0v) is 9.75. The highest BCUT2D eigenvalue weighted by Crippen LogP contribution is 2.20. The summed E-state index contributed by atoms with van der Waals surface area (Å²) in [6.07, 6.45) is 1.17. The van der Waals surface area contributed by atoms with Crippen LogP contribution in [0.3, 0.4) is 0 Å². The number of benzene rings is 1. The van der Waals surface area contributed by atoms with Crippen molar-refractivity contribution in [3.8, 4) is 0 Å². The molecule has 2 N–H and O–H groups in total. The predicted octanol–water partition coefficient (Wildman–Crippen LogP) is 0.288. The number of aromatic carboxylic acids is 1. The molecule has 0 aliphatic rings. The number of carboxylic acids is 1. The fourth-order valence-electron chi connectivity index (χ4n) is 1.42. The van der Waals surface area contributed by atoms with Gasteiger partial charge in [0.2, 0.25) is 5.91 Å². The van der Waals surface area contributed by atoms with Crippen LogP contribution in [0.4, 0.5) is 14.5 Å². The van der Waals surface area contributed by atoms with E-state index in [1.165, 1.54) is 6.33 Å². The van der Waals surface area contributed by atoms with Crippen molar-refractivity contribution < 1.29 is 23.5 Å². The van der Waals surface area contributed by atoms with Crippen molar-refractivity contribution in [2.75, 3.05) is 5.32 Å². The van der Waals surface area contributed by atoms with E-state index in [4.69, 9.17) is 5.11 Å². The first-order valence-electron chi connectivity index (χ1n) is 5.20. The molecule has 0 saturated heterocycles. The van der Waals surface area contributed by atoms with Crippen LogP contribution in [0.5, 0.6) is 0 Å². The SMILES string of the molecule is O=C(Cn1cnnn1)Nc1cc(F)c(F)cc1C(=O)O. The molecule has 104 valence electrons.